The van der Waals surface area contributed by atoms with Gasteiger partial charge >= 0.3 is 0 Å². The smallest absolute Gasteiger partial charge is 0.161 e. The fraction of sp³-hybridized carbons (Fsp3) is 0.333. The summed E-state index contributed by atoms with van der Waals surface area (Å²) in [5.74, 6) is 7.33. The Balaban J connectivity index is 1.71. The number of ether oxygens (including phenoxy) is 2. The number of hydrogen-bond acceptors (Lipinski definition) is 5. The highest BCUT2D eigenvalue weighted by Gasteiger charge is 2.16. The normalized spacial score (nSPS) is 15.1. The average molecular weight is 290 g/mol. The van der Waals surface area contributed by atoms with E-state index in [1.54, 1.807) is 11.3 Å². The van der Waals surface area contributed by atoms with Crippen molar-refractivity contribution in [2.75, 3.05) is 13.2 Å². The van der Waals surface area contributed by atoms with E-state index < -0.39 is 0 Å². The maximum Gasteiger partial charge on any atom is 0.161 e. The summed E-state index contributed by atoms with van der Waals surface area (Å²) in [6, 6.07) is 10.4. The number of hydrogen-bond donors (Lipinski definition) is 2. The number of rotatable bonds is 5. The van der Waals surface area contributed by atoms with Crippen LogP contribution in [0.2, 0.25) is 0 Å². The van der Waals surface area contributed by atoms with Crippen LogP contribution in [0.25, 0.3) is 0 Å². The lowest BCUT2D eigenvalue weighted by Crippen LogP contribution is -2.28. The van der Waals surface area contributed by atoms with Crippen molar-refractivity contribution in [2.45, 2.75) is 18.9 Å². The van der Waals surface area contributed by atoms with Crippen LogP contribution in [-0.2, 0) is 6.42 Å². The van der Waals surface area contributed by atoms with E-state index in [9.17, 15) is 0 Å². The van der Waals surface area contributed by atoms with Gasteiger partial charge in [-0.15, -0.1) is 11.3 Å². The van der Waals surface area contributed by atoms with Gasteiger partial charge < -0.3 is 9.47 Å². The fourth-order valence-corrected chi connectivity index (χ4v) is 3.09. The molecule has 1 aromatic heterocycles. The molecule has 106 valence electrons. The zero-order valence-electron chi connectivity index (χ0n) is 11.2. The summed E-state index contributed by atoms with van der Waals surface area (Å²) in [6.45, 7) is 1.22. The Labute approximate surface area is 122 Å². The molecule has 1 aliphatic rings. The monoisotopic (exact) mass is 290 g/mol. The molecule has 0 amide bonds. The minimum absolute atomic E-state index is 0.118. The number of nitrogens with one attached hydrogen (secondary N) is 1. The Morgan fingerprint density at radius 2 is 2.05 bits per heavy atom. The number of aryl methyl sites for hydroxylation is 1. The second kappa shape index (κ2) is 6.26. The number of hydrazine groups is 1. The molecule has 1 aromatic carbocycles. The molecule has 4 nitrogen and oxygen atoms in total. The van der Waals surface area contributed by atoms with Crippen molar-refractivity contribution in [3.05, 3.63) is 46.2 Å². The van der Waals surface area contributed by atoms with Crippen molar-refractivity contribution in [1.29, 1.82) is 0 Å². The van der Waals surface area contributed by atoms with Crippen LogP contribution in [0.15, 0.2) is 35.7 Å². The third-order valence-electron chi connectivity index (χ3n) is 3.43. The summed E-state index contributed by atoms with van der Waals surface area (Å²) < 4.78 is 11.2. The lowest BCUT2D eigenvalue weighted by Gasteiger charge is -2.21. The van der Waals surface area contributed by atoms with Gasteiger partial charge in [0.05, 0.1) is 0 Å². The second-order valence-corrected chi connectivity index (χ2v) is 5.77. The van der Waals surface area contributed by atoms with Crippen LogP contribution in [0.1, 0.15) is 22.9 Å². The summed E-state index contributed by atoms with van der Waals surface area (Å²) in [5.41, 5.74) is 4.03. The van der Waals surface area contributed by atoms with Gasteiger partial charge in [0.1, 0.15) is 13.2 Å². The summed E-state index contributed by atoms with van der Waals surface area (Å²) >= 11 is 1.78. The first kappa shape index (κ1) is 13.4. The van der Waals surface area contributed by atoms with Crippen molar-refractivity contribution >= 4 is 11.3 Å². The zero-order chi connectivity index (χ0) is 13.8. The van der Waals surface area contributed by atoms with Crippen LogP contribution < -0.4 is 20.7 Å². The molecule has 2 heterocycles. The molecule has 5 heteroatoms. The summed E-state index contributed by atoms with van der Waals surface area (Å²) in [4.78, 5) is 1.38. The first-order valence-electron chi connectivity index (χ1n) is 6.75. The molecule has 0 saturated heterocycles. The van der Waals surface area contributed by atoms with Crippen LogP contribution in [0.5, 0.6) is 11.5 Å². The van der Waals surface area contributed by atoms with E-state index in [4.69, 9.17) is 15.3 Å². The van der Waals surface area contributed by atoms with Crippen molar-refractivity contribution in [3.63, 3.8) is 0 Å². The van der Waals surface area contributed by atoms with E-state index in [-0.39, 0.29) is 6.04 Å². The van der Waals surface area contributed by atoms with E-state index in [1.807, 2.05) is 18.2 Å². The van der Waals surface area contributed by atoms with Gasteiger partial charge in [0.15, 0.2) is 11.5 Å². The quantitative estimate of drug-likeness (QED) is 0.656. The average Bonchev–Trinajstić information content (AvgIpc) is 3.01. The largest absolute Gasteiger partial charge is 0.486 e. The SMILES string of the molecule is NNC(CCc1cccs1)c1ccc2c(c1)OCCO2. The van der Waals surface area contributed by atoms with Gasteiger partial charge in [-0.05, 0) is 42.0 Å². The predicted octanol–water partition coefficient (Wildman–Crippen LogP) is 2.66. The zero-order valence-corrected chi connectivity index (χ0v) is 12.0. The van der Waals surface area contributed by atoms with E-state index in [0.717, 1.165) is 29.9 Å². The van der Waals surface area contributed by atoms with Crippen molar-refractivity contribution in [3.8, 4) is 11.5 Å². The lowest BCUT2D eigenvalue weighted by molar-refractivity contribution is 0.171. The van der Waals surface area contributed by atoms with Gasteiger partial charge in [0.2, 0.25) is 0 Å². The minimum Gasteiger partial charge on any atom is -0.486 e. The molecule has 3 rings (SSSR count). The van der Waals surface area contributed by atoms with Crippen LogP contribution in [0.3, 0.4) is 0 Å². The molecule has 20 heavy (non-hydrogen) atoms. The lowest BCUT2D eigenvalue weighted by atomic mass is 10.0. The van der Waals surface area contributed by atoms with Crippen LogP contribution in [0.4, 0.5) is 0 Å². The molecule has 0 radical (unpaired) electrons. The summed E-state index contributed by atoms with van der Waals surface area (Å²) in [5, 5.41) is 2.10. The number of fused-ring (bicyclic) bond motifs is 1. The van der Waals surface area contributed by atoms with Gasteiger partial charge in [0, 0.05) is 10.9 Å². The van der Waals surface area contributed by atoms with E-state index in [0.29, 0.717) is 13.2 Å². The standard InChI is InChI=1S/C15H18N2O2S/c16-17-13(5-4-12-2-1-9-20-12)11-3-6-14-15(10-11)19-8-7-18-14/h1-3,6,9-10,13,17H,4-5,7-8,16H2. The molecule has 2 aromatic rings. The van der Waals surface area contributed by atoms with E-state index in [2.05, 4.69) is 22.9 Å². The van der Waals surface area contributed by atoms with Gasteiger partial charge in [-0.25, -0.2) is 0 Å². The molecular weight excluding hydrogens is 272 g/mol. The molecule has 0 aliphatic carbocycles. The molecule has 1 aliphatic heterocycles. The highest BCUT2D eigenvalue weighted by atomic mass is 32.1. The van der Waals surface area contributed by atoms with Crippen LogP contribution in [-0.4, -0.2) is 13.2 Å². The fourth-order valence-electron chi connectivity index (χ4n) is 2.36. The van der Waals surface area contributed by atoms with Gasteiger partial charge in [-0.3, -0.25) is 11.3 Å². The van der Waals surface area contributed by atoms with Crippen molar-refractivity contribution < 1.29 is 9.47 Å². The molecule has 3 N–H and O–H groups in total. The molecule has 0 saturated carbocycles. The number of benzene rings is 1. The van der Waals surface area contributed by atoms with E-state index >= 15 is 0 Å². The third kappa shape index (κ3) is 2.95. The van der Waals surface area contributed by atoms with Crippen molar-refractivity contribution in [1.82, 2.24) is 5.43 Å². The first-order valence-corrected chi connectivity index (χ1v) is 7.63. The first-order chi connectivity index (χ1) is 9.86. The van der Waals surface area contributed by atoms with Crippen LogP contribution >= 0.6 is 11.3 Å². The Bertz CT molecular complexity index is 557. The molecule has 1 unspecified atom stereocenters. The summed E-state index contributed by atoms with van der Waals surface area (Å²) in [7, 11) is 0. The Morgan fingerprint density at radius 3 is 2.80 bits per heavy atom. The number of thiophene rings is 1. The highest BCUT2D eigenvalue weighted by molar-refractivity contribution is 7.09. The maximum absolute atomic E-state index is 5.70. The van der Waals surface area contributed by atoms with Gasteiger partial charge in [0.25, 0.3) is 0 Å². The number of nitrogens with two attached hydrogens (primary N) is 1. The molecule has 0 spiro atoms. The van der Waals surface area contributed by atoms with Crippen molar-refractivity contribution in [2.24, 2.45) is 5.84 Å². The molecular formula is C15H18N2O2S. The maximum atomic E-state index is 5.70. The molecule has 0 fully saturated rings. The topological polar surface area (TPSA) is 56.5 Å². The van der Waals surface area contributed by atoms with Gasteiger partial charge in [-0.1, -0.05) is 12.1 Å². The third-order valence-corrected chi connectivity index (χ3v) is 4.37. The predicted molar refractivity (Wildman–Crippen MR) is 80.1 cm³/mol. The minimum atomic E-state index is 0.118. The Morgan fingerprint density at radius 1 is 1.20 bits per heavy atom. The Hall–Kier alpha value is -1.56. The molecule has 1 atom stereocenters. The van der Waals surface area contributed by atoms with E-state index in [1.165, 1.54) is 4.88 Å². The summed E-state index contributed by atoms with van der Waals surface area (Å²) in [6.07, 6.45) is 1.97. The van der Waals surface area contributed by atoms with Gasteiger partial charge in [-0.2, -0.15) is 0 Å². The highest BCUT2D eigenvalue weighted by Crippen LogP contribution is 2.33. The Kier molecular flexibility index (Phi) is 4.20. The molecule has 0 bridgehead atoms. The second-order valence-electron chi connectivity index (χ2n) is 4.74. The van der Waals surface area contributed by atoms with Crippen LogP contribution in [0, 0.1) is 0 Å².